The average Bonchev–Trinajstić information content (AvgIpc) is 3.83. The van der Waals surface area contributed by atoms with E-state index < -0.39 is 0 Å². The minimum Gasteiger partial charge on any atom is -0.316 e. The van der Waals surface area contributed by atoms with E-state index in [1.807, 2.05) is 0 Å². The topological polar surface area (TPSA) is 13.1 Å². The molecule has 262 valence electrons. The highest BCUT2D eigenvalue weighted by molar-refractivity contribution is 6.18. The molecule has 0 saturated heterocycles. The summed E-state index contributed by atoms with van der Waals surface area (Å²) in [6, 6.07) is 70.6. The molecule has 0 aliphatic carbocycles. The molecule has 0 N–H and O–H groups in total. The maximum atomic E-state index is 2.46. The van der Waals surface area contributed by atoms with Crippen LogP contribution in [0.4, 0.5) is 17.1 Å². The van der Waals surface area contributed by atoms with Gasteiger partial charge in [0.1, 0.15) is 0 Å². The molecule has 8 aromatic carbocycles. The molecule has 55 heavy (non-hydrogen) atoms. The predicted octanol–water partition coefficient (Wildman–Crippen LogP) is 14.1. The van der Waals surface area contributed by atoms with Crippen molar-refractivity contribution in [1.82, 2.24) is 9.13 Å². The second-order valence-corrected chi connectivity index (χ2v) is 14.5. The van der Waals surface area contributed by atoms with Gasteiger partial charge in [0.05, 0.1) is 16.6 Å². The molecule has 0 unspecified atom stereocenters. The summed E-state index contributed by atoms with van der Waals surface area (Å²) in [6.07, 6.45) is 2.23. The molecule has 0 amide bonds. The zero-order valence-electron chi connectivity index (χ0n) is 30.9. The van der Waals surface area contributed by atoms with E-state index in [1.54, 1.807) is 0 Å². The maximum Gasteiger partial charge on any atom is 0.0635 e. The van der Waals surface area contributed by atoms with Gasteiger partial charge < -0.3 is 14.0 Å². The zero-order chi connectivity index (χ0) is 36.9. The van der Waals surface area contributed by atoms with Crippen LogP contribution in [-0.4, -0.2) is 9.13 Å². The zero-order valence-corrected chi connectivity index (χ0v) is 30.9. The molecule has 2 aromatic heterocycles. The van der Waals surface area contributed by atoms with Gasteiger partial charge in [-0.1, -0.05) is 126 Å². The van der Waals surface area contributed by atoms with Crippen molar-refractivity contribution in [3.63, 3.8) is 0 Å². The van der Waals surface area contributed by atoms with Gasteiger partial charge in [0.15, 0.2) is 0 Å². The van der Waals surface area contributed by atoms with Gasteiger partial charge >= 0.3 is 0 Å². The monoisotopic (exact) mass is 705 g/mol. The Morgan fingerprint density at radius 1 is 0.364 bits per heavy atom. The normalized spacial score (nSPS) is 11.5. The fraction of sp³-hybridized carbons (Fsp3) is 0.0385. The van der Waals surface area contributed by atoms with Gasteiger partial charge in [-0.3, -0.25) is 0 Å². The lowest BCUT2D eigenvalue weighted by molar-refractivity contribution is 1.13. The minimum absolute atomic E-state index is 1.10. The van der Waals surface area contributed by atoms with E-state index in [4.69, 9.17) is 0 Å². The van der Waals surface area contributed by atoms with E-state index in [-0.39, 0.29) is 0 Å². The van der Waals surface area contributed by atoms with Crippen molar-refractivity contribution in [3.05, 3.63) is 211 Å². The molecule has 0 fully saturated rings. The van der Waals surface area contributed by atoms with E-state index in [0.717, 1.165) is 34.0 Å². The summed E-state index contributed by atoms with van der Waals surface area (Å²) in [6.45, 7) is 4.28. The Morgan fingerprint density at radius 2 is 0.964 bits per heavy atom. The standard InChI is InChI=1S/C52H39N3/c1-36-20-24-42(25-21-36)54(43-26-22-37(2)23-27-43)44-16-11-17-45(35-44)55-51-19-10-9-18-47(51)48-28-29-50-49(52(48)55)30-31-53(50)46-33-40(38-12-5-3-6-13-38)32-41(34-46)39-14-7-4-8-15-39/h3-35H,1-2H3. The molecule has 10 rings (SSSR count). The highest BCUT2D eigenvalue weighted by Crippen LogP contribution is 2.41. The SMILES string of the molecule is Cc1ccc(N(c2ccc(C)cc2)c2cccc(-n3c4ccccc4c4ccc5c(ccn5-c5cc(-c6ccccc6)cc(-c6ccccc6)c5)c43)c2)cc1. The Labute approximate surface area is 321 Å². The molecule has 2 heterocycles. The van der Waals surface area contributed by atoms with Crippen LogP contribution < -0.4 is 4.90 Å². The van der Waals surface area contributed by atoms with Crippen LogP contribution in [0, 0.1) is 13.8 Å². The van der Waals surface area contributed by atoms with Crippen molar-refractivity contribution >= 4 is 49.8 Å². The first-order valence-corrected chi connectivity index (χ1v) is 18.9. The lowest BCUT2D eigenvalue weighted by Gasteiger charge is -2.26. The number of hydrogen-bond acceptors (Lipinski definition) is 1. The fourth-order valence-electron chi connectivity index (χ4n) is 8.12. The van der Waals surface area contributed by atoms with Gasteiger partial charge in [-0.2, -0.15) is 0 Å². The van der Waals surface area contributed by atoms with E-state index in [9.17, 15) is 0 Å². The number of nitrogens with zero attached hydrogens (tertiary/aromatic N) is 3. The number of aryl methyl sites for hydroxylation is 2. The first kappa shape index (κ1) is 32.5. The van der Waals surface area contributed by atoms with Crippen LogP contribution in [0.25, 0.3) is 66.3 Å². The molecule has 10 aromatic rings. The molecule has 0 radical (unpaired) electrons. The Balaban J connectivity index is 1.18. The predicted molar refractivity (Wildman–Crippen MR) is 233 cm³/mol. The number of anilines is 3. The van der Waals surface area contributed by atoms with Gasteiger partial charge in [0, 0.05) is 50.8 Å². The van der Waals surface area contributed by atoms with E-state index in [1.165, 1.54) is 60.6 Å². The number of aromatic nitrogens is 2. The molecular weight excluding hydrogens is 667 g/mol. The van der Waals surface area contributed by atoms with Crippen LogP contribution in [0.3, 0.4) is 0 Å². The third-order valence-corrected chi connectivity index (χ3v) is 10.8. The number of rotatable bonds is 7. The summed E-state index contributed by atoms with van der Waals surface area (Å²) >= 11 is 0. The quantitative estimate of drug-likeness (QED) is 0.161. The summed E-state index contributed by atoms with van der Waals surface area (Å²) in [5.74, 6) is 0. The van der Waals surface area contributed by atoms with Crippen LogP contribution in [0.15, 0.2) is 200 Å². The first-order valence-electron chi connectivity index (χ1n) is 18.9. The van der Waals surface area contributed by atoms with Gasteiger partial charge in [-0.15, -0.1) is 0 Å². The third kappa shape index (κ3) is 5.78. The highest BCUT2D eigenvalue weighted by atomic mass is 15.1. The number of benzene rings is 8. The van der Waals surface area contributed by atoms with Gasteiger partial charge in [0.2, 0.25) is 0 Å². The van der Waals surface area contributed by atoms with Gasteiger partial charge in [-0.05, 0) is 115 Å². The highest BCUT2D eigenvalue weighted by Gasteiger charge is 2.19. The Kier molecular flexibility index (Phi) is 7.92. The first-order chi connectivity index (χ1) is 27.1. The average molecular weight is 706 g/mol. The summed E-state index contributed by atoms with van der Waals surface area (Å²) in [5, 5.41) is 3.69. The van der Waals surface area contributed by atoms with Crippen molar-refractivity contribution in [2.24, 2.45) is 0 Å². The second-order valence-electron chi connectivity index (χ2n) is 14.5. The molecule has 0 aliphatic rings. The number of fused-ring (bicyclic) bond motifs is 5. The Morgan fingerprint density at radius 3 is 1.60 bits per heavy atom. The van der Waals surface area contributed by atoms with Gasteiger partial charge in [-0.25, -0.2) is 0 Å². The molecule has 0 aliphatic heterocycles. The lowest BCUT2D eigenvalue weighted by Crippen LogP contribution is -2.10. The third-order valence-electron chi connectivity index (χ3n) is 10.8. The van der Waals surface area contributed by atoms with Crippen LogP contribution in [0.2, 0.25) is 0 Å². The summed E-state index contributed by atoms with van der Waals surface area (Å²) in [7, 11) is 0. The van der Waals surface area contributed by atoms with Crippen molar-refractivity contribution in [3.8, 4) is 33.6 Å². The van der Waals surface area contributed by atoms with Crippen LogP contribution in [0.1, 0.15) is 11.1 Å². The van der Waals surface area contributed by atoms with E-state index >= 15 is 0 Å². The van der Waals surface area contributed by atoms with Crippen molar-refractivity contribution < 1.29 is 0 Å². The summed E-state index contributed by atoms with van der Waals surface area (Å²) < 4.78 is 4.81. The van der Waals surface area contributed by atoms with Crippen LogP contribution in [0.5, 0.6) is 0 Å². The lowest BCUT2D eigenvalue weighted by atomic mass is 9.98. The molecule has 0 bridgehead atoms. The molecule has 0 spiro atoms. The largest absolute Gasteiger partial charge is 0.316 e. The molecule has 0 saturated carbocycles. The fourth-order valence-corrected chi connectivity index (χ4v) is 8.12. The molecule has 3 heteroatoms. The maximum absolute atomic E-state index is 2.46. The molecular formula is C52H39N3. The number of hydrogen-bond donors (Lipinski definition) is 0. The van der Waals surface area contributed by atoms with Gasteiger partial charge in [0.25, 0.3) is 0 Å². The van der Waals surface area contributed by atoms with Crippen LogP contribution >= 0.6 is 0 Å². The van der Waals surface area contributed by atoms with Crippen molar-refractivity contribution in [2.45, 2.75) is 13.8 Å². The summed E-state index contributed by atoms with van der Waals surface area (Å²) in [4.78, 5) is 2.35. The van der Waals surface area contributed by atoms with E-state index in [2.05, 4.69) is 228 Å². The minimum atomic E-state index is 1.10. The van der Waals surface area contributed by atoms with E-state index in [0.29, 0.717) is 0 Å². The summed E-state index contributed by atoms with van der Waals surface area (Å²) in [5.41, 5.74) is 16.4. The van der Waals surface area contributed by atoms with Crippen molar-refractivity contribution in [2.75, 3.05) is 4.90 Å². The number of para-hydroxylation sites is 1. The van der Waals surface area contributed by atoms with Crippen molar-refractivity contribution in [1.29, 1.82) is 0 Å². The smallest absolute Gasteiger partial charge is 0.0635 e. The molecule has 3 nitrogen and oxygen atoms in total. The van der Waals surface area contributed by atoms with Crippen LogP contribution in [-0.2, 0) is 0 Å². The Bertz CT molecular complexity index is 2870. The Hall–Kier alpha value is -7.10. The second kappa shape index (κ2) is 13.4. The molecule has 0 atom stereocenters.